The molecule has 7 heteroatoms. The zero-order valence-electron chi connectivity index (χ0n) is 33.9. The number of nitrogens with zero attached hydrogens (tertiary/aromatic N) is 3. The zero-order chi connectivity index (χ0) is 38.5. The third-order valence-corrected chi connectivity index (χ3v) is 10.8. The lowest BCUT2D eigenvalue weighted by molar-refractivity contribution is 0.102. The van der Waals surface area contributed by atoms with Gasteiger partial charge in [0.25, 0.3) is 5.91 Å². The van der Waals surface area contributed by atoms with Crippen molar-refractivity contribution < 1.29 is 14.3 Å². The molecule has 0 spiro atoms. The largest absolute Gasteiger partial charge is 0.494 e. The van der Waals surface area contributed by atoms with Crippen LogP contribution in [0.25, 0.3) is 10.9 Å². The van der Waals surface area contributed by atoms with Gasteiger partial charge in [-0.2, -0.15) is 0 Å². The van der Waals surface area contributed by atoms with Gasteiger partial charge in [-0.05, 0) is 112 Å². The van der Waals surface area contributed by atoms with Crippen LogP contribution >= 0.6 is 0 Å². The van der Waals surface area contributed by atoms with Crippen molar-refractivity contribution in [3.63, 3.8) is 0 Å². The predicted octanol–water partition coefficient (Wildman–Crippen LogP) is 11.2. The van der Waals surface area contributed by atoms with Crippen LogP contribution in [0.1, 0.15) is 99.5 Å². The minimum Gasteiger partial charge on any atom is -0.494 e. The quantitative estimate of drug-likeness (QED) is 0.0929. The van der Waals surface area contributed by atoms with E-state index in [1.54, 1.807) is 32.6 Å². The second-order valence-corrected chi connectivity index (χ2v) is 14.6. The Bertz CT molecular complexity index is 1800. The van der Waals surface area contributed by atoms with Crippen LogP contribution in [0, 0.1) is 25.7 Å². The van der Waals surface area contributed by atoms with Crippen LogP contribution in [0.4, 0.5) is 11.4 Å². The van der Waals surface area contributed by atoms with Crippen LogP contribution in [0.5, 0.6) is 11.5 Å². The van der Waals surface area contributed by atoms with Crippen LogP contribution in [0.15, 0.2) is 79.7 Å². The van der Waals surface area contributed by atoms with Crippen molar-refractivity contribution in [3.05, 3.63) is 108 Å². The van der Waals surface area contributed by atoms with Crippen LogP contribution in [0.3, 0.4) is 0 Å². The number of fused-ring (bicyclic) bond motifs is 1. The maximum Gasteiger partial charge on any atom is 0.255 e. The summed E-state index contributed by atoms with van der Waals surface area (Å²) in [6.07, 6.45) is 12.5. The Balaban J connectivity index is 1.43. The number of benzene rings is 3. The molecule has 1 N–H and O–H groups in total. The van der Waals surface area contributed by atoms with Gasteiger partial charge in [0.15, 0.2) is 0 Å². The third kappa shape index (κ3) is 10.8. The van der Waals surface area contributed by atoms with Crippen molar-refractivity contribution in [3.8, 4) is 11.5 Å². The predicted molar refractivity (Wildman–Crippen MR) is 225 cm³/mol. The van der Waals surface area contributed by atoms with E-state index in [1.165, 1.54) is 60.1 Å². The molecule has 1 heterocycles. The lowest BCUT2D eigenvalue weighted by Crippen LogP contribution is -2.28. The average Bonchev–Trinajstić information content (AvgIpc) is 3.41. The maximum absolute atomic E-state index is 13.4. The summed E-state index contributed by atoms with van der Waals surface area (Å²) in [6, 6.07) is 18.4. The molecule has 3 aromatic carbocycles. The molecule has 0 aliphatic heterocycles. The first-order valence-electron chi connectivity index (χ1n) is 19.6. The van der Waals surface area contributed by atoms with E-state index in [4.69, 9.17) is 9.47 Å². The summed E-state index contributed by atoms with van der Waals surface area (Å²) in [6.45, 7) is 24.3. The number of carbonyl (C=O) groups is 1. The number of nitrogens with one attached hydrogen (secondary N) is 1. The SMILES string of the molecule is C=CN(/C=C\C(C)CC)c1c(OC)cc(NC(=O)c2ccc(Cc3ccc4c(c3)c(C)c(C)n4CCCN(CCC)CCC(C)CC)cc2)cc1OC. The van der Waals surface area contributed by atoms with Gasteiger partial charge in [0.1, 0.15) is 17.2 Å². The molecule has 0 fully saturated rings. The number of rotatable bonds is 21. The fraction of sp³-hybridized carbons (Fsp3) is 0.457. The van der Waals surface area contributed by atoms with Crippen LogP contribution in [0.2, 0.25) is 0 Å². The highest BCUT2D eigenvalue weighted by Crippen LogP contribution is 2.41. The topological polar surface area (TPSA) is 59.0 Å². The Morgan fingerprint density at radius 1 is 0.906 bits per heavy atom. The third-order valence-electron chi connectivity index (χ3n) is 10.8. The zero-order valence-corrected chi connectivity index (χ0v) is 33.9. The lowest BCUT2D eigenvalue weighted by atomic mass is 10.0. The van der Waals surface area contributed by atoms with Gasteiger partial charge in [0.05, 0.1) is 14.2 Å². The van der Waals surface area contributed by atoms with Crippen molar-refractivity contribution >= 4 is 28.2 Å². The van der Waals surface area contributed by atoms with Gasteiger partial charge in [-0.1, -0.05) is 78.3 Å². The first kappa shape index (κ1) is 41.3. The molecule has 1 amide bonds. The number of aromatic nitrogens is 1. The van der Waals surface area contributed by atoms with E-state index < -0.39 is 0 Å². The van der Waals surface area contributed by atoms with Crippen molar-refractivity contribution in [1.29, 1.82) is 0 Å². The van der Waals surface area contributed by atoms with E-state index in [1.807, 2.05) is 35.4 Å². The average molecular weight is 721 g/mol. The summed E-state index contributed by atoms with van der Waals surface area (Å²) < 4.78 is 14.0. The minimum atomic E-state index is -0.201. The summed E-state index contributed by atoms with van der Waals surface area (Å²) in [7, 11) is 3.22. The van der Waals surface area contributed by atoms with Gasteiger partial charge in [-0.25, -0.2) is 0 Å². The molecule has 0 radical (unpaired) electrons. The van der Waals surface area contributed by atoms with Crippen LogP contribution in [-0.4, -0.2) is 49.2 Å². The molecular formula is C46H64N4O3. The molecule has 7 nitrogen and oxygen atoms in total. The maximum atomic E-state index is 13.4. The van der Waals surface area contributed by atoms with Crippen LogP contribution in [-0.2, 0) is 13.0 Å². The fourth-order valence-corrected chi connectivity index (χ4v) is 6.84. The van der Waals surface area contributed by atoms with E-state index in [0.717, 1.165) is 43.8 Å². The van der Waals surface area contributed by atoms with E-state index >= 15 is 0 Å². The number of aryl methyl sites for hydroxylation is 2. The summed E-state index contributed by atoms with van der Waals surface area (Å²) in [5.74, 6) is 2.13. The molecule has 286 valence electrons. The normalized spacial score (nSPS) is 12.7. The standard InChI is InChI=1S/C46H64N4O3/c1-11-24-48(27-22-33(5)12-2)25-15-26-50-36(8)35(7)41-30-38(18-21-42(41)50)29-37-16-19-39(20-17-37)46(51)47-40-31-43(52-9)45(44(32-40)53-10)49(14-4)28-23-34(6)13-3/h14,16-21,23,28,30-34H,4,11-13,15,22,24-27,29H2,1-3,5-10H3,(H,47,51)/b28-23-. The molecule has 1 aromatic heterocycles. The first-order chi connectivity index (χ1) is 25.6. The summed E-state index contributed by atoms with van der Waals surface area (Å²) in [5, 5.41) is 4.36. The number of anilines is 2. The highest BCUT2D eigenvalue weighted by atomic mass is 16.5. The van der Waals surface area contributed by atoms with Gasteiger partial charge in [0, 0.05) is 58.9 Å². The Kier molecular flexibility index (Phi) is 15.6. The smallest absolute Gasteiger partial charge is 0.255 e. The Morgan fingerprint density at radius 3 is 2.19 bits per heavy atom. The molecule has 4 aromatic rings. The van der Waals surface area contributed by atoms with Gasteiger partial charge in [0.2, 0.25) is 0 Å². The number of hydrogen-bond donors (Lipinski definition) is 1. The number of hydrogen-bond acceptors (Lipinski definition) is 5. The second-order valence-electron chi connectivity index (χ2n) is 14.6. The fourth-order valence-electron chi connectivity index (χ4n) is 6.84. The van der Waals surface area contributed by atoms with Crippen molar-refractivity contribution in [2.24, 2.45) is 11.8 Å². The first-order valence-corrected chi connectivity index (χ1v) is 19.6. The number of allylic oxidation sites excluding steroid dienone is 1. The Hall–Kier alpha value is -4.49. The molecule has 0 bridgehead atoms. The number of amides is 1. The molecule has 53 heavy (non-hydrogen) atoms. The highest BCUT2D eigenvalue weighted by Gasteiger charge is 2.19. The van der Waals surface area contributed by atoms with Gasteiger partial charge in [-0.15, -0.1) is 0 Å². The monoisotopic (exact) mass is 720 g/mol. The Morgan fingerprint density at radius 2 is 1.58 bits per heavy atom. The van der Waals surface area contributed by atoms with Crippen LogP contribution < -0.4 is 19.7 Å². The molecule has 2 atom stereocenters. The number of ether oxygens (including phenoxy) is 2. The molecule has 0 aliphatic rings. The molecule has 0 aliphatic carbocycles. The highest BCUT2D eigenvalue weighted by molar-refractivity contribution is 6.04. The second kappa shape index (κ2) is 20.1. The van der Waals surface area contributed by atoms with E-state index in [-0.39, 0.29) is 5.91 Å². The van der Waals surface area contributed by atoms with Crippen molar-refractivity contribution in [2.75, 3.05) is 44.1 Å². The molecular weight excluding hydrogens is 657 g/mol. The van der Waals surface area contributed by atoms with Crippen molar-refractivity contribution in [1.82, 2.24) is 9.47 Å². The molecule has 0 saturated heterocycles. The van der Waals surface area contributed by atoms with E-state index in [2.05, 4.69) is 94.1 Å². The van der Waals surface area contributed by atoms with E-state index in [9.17, 15) is 4.79 Å². The van der Waals surface area contributed by atoms with Gasteiger partial charge >= 0.3 is 0 Å². The van der Waals surface area contributed by atoms with Crippen molar-refractivity contribution in [2.45, 2.75) is 93.5 Å². The minimum absolute atomic E-state index is 0.201. The summed E-state index contributed by atoms with van der Waals surface area (Å²) in [5.41, 5.74) is 8.33. The summed E-state index contributed by atoms with van der Waals surface area (Å²) >= 11 is 0. The van der Waals surface area contributed by atoms with Gasteiger partial charge in [-0.3, -0.25) is 4.79 Å². The van der Waals surface area contributed by atoms with Gasteiger partial charge < -0.3 is 29.2 Å². The summed E-state index contributed by atoms with van der Waals surface area (Å²) in [4.78, 5) is 17.9. The molecule has 0 saturated carbocycles. The molecule has 2 unspecified atom stereocenters. The number of carbonyl (C=O) groups excluding carboxylic acids is 1. The lowest BCUT2D eigenvalue weighted by Gasteiger charge is -2.23. The molecule has 4 rings (SSSR count). The number of methoxy groups -OCH3 is 2. The van der Waals surface area contributed by atoms with E-state index in [0.29, 0.717) is 34.4 Å². The Labute approximate surface area is 319 Å².